The van der Waals surface area contributed by atoms with E-state index in [9.17, 15) is 12.8 Å². The highest BCUT2D eigenvalue weighted by atomic mass is 32.2. The Kier molecular flexibility index (Phi) is 4.67. The largest absolute Gasteiger partial charge is 0.396 e. The first-order valence-electron chi connectivity index (χ1n) is 4.76. The van der Waals surface area contributed by atoms with Crippen LogP contribution in [0.15, 0.2) is 18.2 Å². The van der Waals surface area contributed by atoms with Crippen molar-refractivity contribution in [1.29, 1.82) is 0 Å². The minimum absolute atomic E-state index is 0.123. The van der Waals surface area contributed by atoms with Crippen molar-refractivity contribution < 1.29 is 17.5 Å². The van der Waals surface area contributed by atoms with Gasteiger partial charge in [-0.1, -0.05) is 0 Å². The number of halogens is 1. The lowest BCUT2D eigenvalue weighted by Gasteiger charge is -2.09. The third-order valence-electron chi connectivity index (χ3n) is 1.85. The molecule has 1 rings (SSSR count). The number of methoxy groups -OCH3 is 1. The zero-order valence-corrected chi connectivity index (χ0v) is 10.1. The zero-order chi connectivity index (χ0) is 12.9. The summed E-state index contributed by atoms with van der Waals surface area (Å²) in [5.74, 6) is -0.597. The fourth-order valence-corrected chi connectivity index (χ4v) is 1.94. The van der Waals surface area contributed by atoms with E-state index in [1.165, 1.54) is 19.2 Å². The number of hydrogen-bond donors (Lipinski definition) is 3. The summed E-state index contributed by atoms with van der Waals surface area (Å²) in [4.78, 5) is 0. The Morgan fingerprint density at radius 2 is 2.18 bits per heavy atom. The molecule has 4 N–H and O–H groups in total. The molecule has 0 radical (unpaired) electrons. The standard InChI is InChI=1S/C9H14FN3O3S/c1-16-5-4-12-17(14,15)13-7-2-3-8(10)9(11)6-7/h2-3,6,12-13H,4-5,11H2,1H3. The Morgan fingerprint density at radius 3 is 2.76 bits per heavy atom. The maximum absolute atomic E-state index is 12.8. The van der Waals surface area contributed by atoms with Gasteiger partial charge in [-0.15, -0.1) is 0 Å². The molecular weight excluding hydrogens is 249 g/mol. The van der Waals surface area contributed by atoms with Crippen LogP contribution in [0.1, 0.15) is 0 Å². The molecule has 0 amide bonds. The summed E-state index contributed by atoms with van der Waals surface area (Å²) >= 11 is 0. The molecule has 0 fully saturated rings. The highest BCUT2D eigenvalue weighted by Gasteiger charge is 2.09. The van der Waals surface area contributed by atoms with E-state index in [4.69, 9.17) is 10.5 Å². The van der Waals surface area contributed by atoms with E-state index in [-0.39, 0.29) is 24.5 Å². The molecule has 0 heterocycles. The van der Waals surface area contributed by atoms with Crippen molar-refractivity contribution in [3.05, 3.63) is 24.0 Å². The fraction of sp³-hybridized carbons (Fsp3) is 0.333. The lowest BCUT2D eigenvalue weighted by atomic mass is 10.3. The molecule has 0 saturated heterocycles. The van der Waals surface area contributed by atoms with Crippen molar-refractivity contribution >= 4 is 21.6 Å². The van der Waals surface area contributed by atoms with Crippen molar-refractivity contribution in [2.75, 3.05) is 30.7 Å². The molecule has 0 spiro atoms. The van der Waals surface area contributed by atoms with Crippen LogP contribution in [0.3, 0.4) is 0 Å². The lowest BCUT2D eigenvalue weighted by Crippen LogP contribution is -2.32. The van der Waals surface area contributed by atoms with E-state index in [1.807, 2.05) is 0 Å². The highest BCUT2D eigenvalue weighted by Crippen LogP contribution is 2.16. The van der Waals surface area contributed by atoms with E-state index in [0.717, 1.165) is 6.07 Å². The summed E-state index contributed by atoms with van der Waals surface area (Å²) in [5.41, 5.74) is 5.38. The predicted molar refractivity (Wildman–Crippen MR) is 63.2 cm³/mol. The van der Waals surface area contributed by atoms with Crippen LogP contribution in [0.4, 0.5) is 15.8 Å². The minimum atomic E-state index is -3.69. The summed E-state index contributed by atoms with van der Waals surface area (Å²) in [7, 11) is -2.23. The van der Waals surface area contributed by atoms with Gasteiger partial charge in [0.15, 0.2) is 0 Å². The van der Waals surface area contributed by atoms with E-state index >= 15 is 0 Å². The molecule has 0 saturated carbocycles. The zero-order valence-electron chi connectivity index (χ0n) is 9.23. The van der Waals surface area contributed by atoms with Crippen LogP contribution in [0, 0.1) is 5.82 Å². The predicted octanol–water partition coefficient (Wildman–Crippen LogP) is 0.301. The van der Waals surface area contributed by atoms with Gasteiger partial charge in [0.05, 0.1) is 18.0 Å². The van der Waals surface area contributed by atoms with Gasteiger partial charge >= 0.3 is 0 Å². The van der Waals surface area contributed by atoms with Crippen LogP contribution >= 0.6 is 0 Å². The monoisotopic (exact) mass is 263 g/mol. The summed E-state index contributed by atoms with van der Waals surface area (Å²) in [6.45, 7) is 0.398. The van der Waals surface area contributed by atoms with Crippen LogP contribution in [0.5, 0.6) is 0 Å². The molecule has 0 atom stereocenters. The van der Waals surface area contributed by atoms with Crippen molar-refractivity contribution in [2.24, 2.45) is 0 Å². The Labute approximate surface area is 99.1 Å². The van der Waals surface area contributed by atoms with Gasteiger partial charge in [-0.25, -0.2) is 4.39 Å². The van der Waals surface area contributed by atoms with Gasteiger partial charge in [0, 0.05) is 13.7 Å². The molecule has 0 bridgehead atoms. The van der Waals surface area contributed by atoms with Gasteiger partial charge < -0.3 is 10.5 Å². The van der Waals surface area contributed by atoms with E-state index < -0.39 is 16.0 Å². The number of anilines is 2. The third kappa shape index (κ3) is 4.55. The van der Waals surface area contributed by atoms with Crippen molar-refractivity contribution in [3.63, 3.8) is 0 Å². The number of ether oxygens (including phenoxy) is 1. The van der Waals surface area contributed by atoms with Gasteiger partial charge in [0.2, 0.25) is 0 Å². The van der Waals surface area contributed by atoms with Gasteiger partial charge in [0.25, 0.3) is 10.2 Å². The second kappa shape index (κ2) is 5.80. The average Bonchev–Trinajstić information content (AvgIpc) is 2.23. The second-order valence-corrected chi connectivity index (χ2v) is 4.73. The van der Waals surface area contributed by atoms with E-state index in [1.54, 1.807) is 0 Å². The summed E-state index contributed by atoms with van der Waals surface area (Å²) in [6, 6.07) is 3.56. The Hall–Kier alpha value is -1.38. The first kappa shape index (κ1) is 13.7. The van der Waals surface area contributed by atoms with Crippen LogP contribution in [0.2, 0.25) is 0 Å². The molecule has 1 aromatic rings. The van der Waals surface area contributed by atoms with Crippen LogP contribution in [-0.2, 0) is 14.9 Å². The number of rotatable bonds is 6. The topological polar surface area (TPSA) is 93.4 Å². The van der Waals surface area contributed by atoms with Gasteiger partial charge in [-0.3, -0.25) is 4.72 Å². The molecule has 96 valence electrons. The number of nitrogens with two attached hydrogens (primary N) is 1. The molecule has 0 unspecified atom stereocenters. The quantitative estimate of drug-likeness (QED) is 0.508. The van der Waals surface area contributed by atoms with Gasteiger partial charge in [-0.05, 0) is 18.2 Å². The summed E-state index contributed by atoms with van der Waals surface area (Å²) < 4.78 is 44.9. The smallest absolute Gasteiger partial charge is 0.299 e. The molecule has 1 aromatic carbocycles. The second-order valence-electron chi connectivity index (χ2n) is 3.23. The third-order valence-corrected chi connectivity index (χ3v) is 2.94. The van der Waals surface area contributed by atoms with Crippen LogP contribution < -0.4 is 15.2 Å². The normalized spacial score (nSPS) is 11.4. The molecule has 0 aliphatic carbocycles. The van der Waals surface area contributed by atoms with E-state index in [0.29, 0.717) is 0 Å². The Balaban J connectivity index is 2.66. The maximum Gasteiger partial charge on any atom is 0.299 e. The summed E-state index contributed by atoms with van der Waals surface area (Å²) in [5, 5.41) is 0. The average molecular weight is 263 g/mol. The number of hydrogen-bond acceptors (Lipinski definition) is 4. The Morgan fingerprint density at radius 1 is 1.47 bits per heavy atom. The Bertz CT molecular complexity index is 478. The number of nitrogen functional groups attached to an aromatic ring is 1. The van der Waals surface area contributed by atoms with Gasteiger partial charge in [0.1, 0.15) is 5.82 Å². The van der Waals surface area contributed by atoms with E-state index in [2.05, 4.69) is 9.44 Å². The van der Waals surface area contributed by atoms with Gasteiger partial charge in [-0.2, -0.15) is 13.1 Å². The van der Waals surface area contributed by atoms with Crippen LogP contribution in [-0.4, -0.2) is 28.7 Å². The highest BCUT2D eigenvalue weighted by molar-refractivity contribution is 7.90. The molecule has 0 aromatic heterocycles. The SMILES string of the molecule is COCCNS(=O)(=O)Nc1ccc(F)c(N)c1. The van der Waals surface area contributed by atoms with Crippen molar-refractivity contribution in [3.8, 4) is 0 Å². The molecular formula is C9H14FN3O3S. The maximum atomic E-state index is 12.8. The summed E-state index contributed by atoms with van der Waals surface area (Å²) in [6.07, 6.45) is 0. The lowest BCUT2D eigenvalue weighted by molar-refractivity contribution is 0.204. The molecule has 0 aliphatic rings. The molecule has 0 aliphatic heterocycles. The molecule has 8 heteroatoms. The first-order valence-corrected chi connectivity index (χ1v) is 6.24. The number of benzene rings is 1. The van der Waals surface area contributed by atoms with Crippen molar-refractivity contribution in [1.82, 2.24) is 4.72 Å². The number of nitrogens with one attached hydrogen (secondary N) is 2. The fourth-order valence-electron chi connectivity index (χ4n) is 1.08. The van der Waals surface area contributed by atoms with Crippen LogP contribution in [0.25, 0.3) is 0 Å². The first-order chi connectivity index (χ1) is 7.94. The van der Waals surface area contributed by atoms with Crippen molar-refractivity contribution in [2.45, 2.75) is 0 Å². The minimum Gasteiger partial charge on any atom is -0.396 e. The molecule has 6 nitrogen and oxygen atoms in total. The molecule has 17 heavy (non-hydrogen) atoms.